The van der Waals surface area contributed by atoms with Gasteiger partial charge in [0.15, 0.2) is 0 Å². The maximum Gasteiger partial charge on any atom is 0.256 e. The molecule has 33 heavy (non-hydrogen) atoms. The summed E-state index contributed by atoms with van der Waals surface area (Å²) in [6.07, 6.45) is 3.55. The number of hydrogen-bond donors (Lipinski definition) is 1. The van der Waals surface area contributed by atoms with Gasteiger partial charge in [-0.25, -0.2) is 4.85 Å². The van der Waals surface area contributed by atoms with E-state index in [-0.39, 0.29) is 12.2 Å². The number of aliphatic hydroxyl groups excluding tert-OH is 1. The fourth-order valence-corrected chi connectivity index (χ4v) is 4.96. The first-order valence-corrected chi connectivity index (χ1v) is 11.6. The Morgan fingerprint density at radius 1 is 1.18 bits per heavy atom. The highest BCUT2D eigenvalue weighted by atomic mass is 16.5. The summed E-state index contributed by atoms with van der Waals surface area (Å²) in [6.45, 7) is 13.2. The Bertz CT molecular complexity index is 1190. The van der Waals surface area contributed by atoms with E-state index in [4.69, 9.17) is 15.8 Å². The Morgan fingerprint density at radius 3 is 2.76 bits per heavy atom. The molecule has 0 bridgehead atoms. The van der Waals surface area contributed by atoms with Crippen molar-refractivity contribution in [3.63, 3.8) is 0 Å². The van der Waals surface area contributed by atoms with Gasteiger partial charge in [-0.2, -0.15) is 4.98 Å². The molecule has 1 aromatic heterocycles. The van der Waals surface area contributed by atoms with Crippen molar-refractivity contribution in [1.82, 2.24) is 15.0 Å². The first kappa shape index (κ1) is 21.6. The summed E-state index contributed by atoms with van der Waals surface area (Å²) in [6, 6.07) is 12.1. The van der Waals surface area contributed by atoms with Gasteiger partial charge in [-0.3, -0.25) is 4.90 Å². The molecule has 0 amide bonds. The molecule has 0 radical (unpaired) electrons. The number of aromatic nitrogens is 2. The largest absolute Gasteiger partial charge is 0.502 e. The monoisotopic (exact) mass is 444 g/mol. The predicted molar refractivity (Wildman–Crippen MR) is 125 cm³/mol. The van der Waals surface area contributed by atoms with Crippen LogP contribution in [0.25, 0.3) is 27.7 Å². The highest BCUT2D eigenvalue weighted by molar-refractivity contribution is 5.70. The summed E-state index contributed by atoms with van der Waals surface area (Å²) in [5.41, 5.74) is 4.75. The number of piperidine rings is 1. The molecule has 1 N–H and O–H groups in total. The van der Waals surface area contributed by atoms with E-state index in [9.17, 15) is 5.11 Å². The first-order chi connectivity index (χ1) is 16.0. The van der Waals surface area contributed by atoms with Gasteiger partial charge in [0.1, 0.15) is 5.75 Å². The Morgan fingerprint density at radius 2 is 2.00 bits per heavy atom. The van der Waals surface area contributed by atoms with Gasteiger partial charge in [-0.1, -0.05) is 23.4 Å². The molecule has 7 nitrogen and oxygen atoms in total. The van der Waals surface area contributed by atoms with Crippen LogP contribution in [0.1, 0.15) is 50.3 Å². The molecule has 170 valence electrons. The first-order valence-electron chi connectivity index (χ1n) is 11.6. The lowest BCUT2D eigenvalue weighted by atomic mass is 9.99. The zero-order valence-corrected chi connectivity index (χ0v) is 19.0. The van der Waals surface area contributed by atoms with Crippen LogP contribution < -0.4 is 4.74 Å². The molecule has 2 heterocycles. The molecule has 3 aromatic rings. The van der Waals surface area contributed by atoms with Crippen molar-refractivity contribution in [1.29, 1.82) is 0 Å². The number of fused-ring (bicyclic) bond motifs is 1. The topological polar surface area (TPSA) is 76.0 Å². The Kier molecular flexibility index (Phi) is 5.88. The summed E-state index contributed by atoms with van der Waals surface area (Å²) in [7, 11) is 0. The lowest BCUT2D eigenvalue weighted by molar-refractivity contribution is 0.0606. The van der Waals surface area contributed by atoms with Crippen molar-refractivity contribution >= 4 is 5.69 Å². The molecule has 1 unspecified atom stereocenters. The molecule has 2 aromatic carbocycles. The number of likely N-dealkylation sites (tertiary alicyclic amines) is 1. The van der Waals surface area contributed by atoms with E-state index in [0.29, 0.717) is 34.8 Å². The minimum Gasteiger partial charge on any atom is -0.502 e. The quantitative estimate of drug-likeness (QED) is 0.546. The second-order valence-corrected chi connectivity index (χ2v) is 9.08. The maximum absolute atomic E-state index is 9.86. The normalized spacial score (nSPS) is 18.9. The van der Waals surface area contributed by atoms with E-state index in [1.165, 1.54) is 11.1 Å². The Labute approximate surface area is 193 Å². The summed E-state index contributed by atoms with van der Waals surface area (Å²) in [5.74, 6) is 1.52. The van der Waals surface area contributed by atoms with Crippen molar-refractivity contribution in [2.45, 2.75) is 57.8 Å². The molecular formula is C26H28N4O3. The molecule has 1 aliphatic carbocycles. The number of aliphatic hydroxyl groups is 1. The van der Waals surface area contributed by atoms with Crippen LogP contribution in [0.15, 0.2) is 40.9 Å². The van der Waals surface area contributed by atoms with Crippen molar-refractivity contribution in [2.75, 3.05) is 13.1 Å². The van der Waals surface area contributed by atoms with Gasteiger partial charge in [0, 0.05) is 30.3 Å². The van der Waals surface area contributed by atoms with Crippen LogP contribution >= 0.6 is 0 Å². The lowest BCUT2D eigenvalue weighted by Gasteiger charge is -2.34. The molecule has 0 spiro atoms. The number of nitrogens with zero attached hydrogens (tertiary/aromatic N) is 4. The third-order valence-electron chi connectivity index (χ3n) is 6.53. The van der Waals surface area contributed by atoms with E-state index in [1.807, 2.05) is 19.9 Å². The van der Waals surface area contributed by atoms with Crippen LogP contribution in [-0.2, 0) is 6.42 Å². The van der Waals surface area contributed by atoms with Crippen LogP contribution in [0, 0.1) is 6.57 Å². The molecule has 0 saturated carbocycles. The zero-order chi connectivity index (χ0) is 22.9. The fraction of sp³-hybridized carbons (Fsp3) is 0.423. The number of benzene rings is 2. The minimum atomic E-state index is -0.166. The van der Waals surface area contributed by atoms with Gasteiger partial charge in [0.05, 0.1) is 18.8 Å². The number of hydrogen-bond acceptors (Lipinski definition) is 6. The minimum absolute atomic E-state index is 0.00892. The predicted octanol–water partition coefficient (Wildman–Crippen LogP) is 5.19. The van der Waals surface area contributed by atoms with Crippen molar-refractivity contribution in [3.8, 4) is 28.6 Å². The highest BCUT2D eigenvalue weighted by Gasteiger charge is 2.32. The average Bonchev–Trinajstić information content (AvgIpc) is 3.47. The van der Waals surface area contributed by atoms with Gasteiger partial charge in [-0.05, 0) is 68.9 Å². The van der Waals surface area contributed by atoms with Crippen molar-refractivity contribution < 1.29 is 14.4 Å². The Balaban J connectivity index is 1.42. The van der Waals surface area contributed by atoms with E-state index in [0.717, 1.165) is 44.3 Å². The van der Waals surface area contributed by atoms with E-state index in [2.05, 4.69) is 38.1 Å². The van der Waals surface area contributed by atoms with Crippen LogP contribution in [0.5, 0.6) is 5.75 Å². The Hall–Kier alpha value is -3.21. The van der Waals surface area contributed by atoms with Gasteiger partial charge in [0.2, 0.25) is 11.5 Å². The molecule has 1 fully saturated rings. The van der Waals surface area contributed by atoms with Crippen molar-refractivity contribution in [2.24, 2.45) is 0 Å². The smallest absolute Gasteiger partial charge is 0.256 e. The van der Waals surface area contributed by atoms with Gasteiger partial charge in [-0.15, -0.1) is 0 Å². The number of rotatable bonds is 5. The van der Waals surface area contributed by atoms with E-state index in [1.54, 1.807) is 12.1 Å². The maximum atomic E-state index is 9.86. The third-order valence-corrected chi connectivity index (χ3v) is 6.53. The van der Waals surface area contributed by atoms with Crippen molar-refractivity contribution in [3.05, 3.63) is 58.9 Å². The lowest BCUT2D eigenvalue weighted by Crippen LogP contribution is -2.37. The summed E-state index contributed by atoms with van der Waals surface area (Å²) in [4.78, 5) is 10.8. The molecule has 1 atom stereocenters. The average molecular weight is 445 g/mol. The molecular weight excluding hydrogens is 416 g/mol. The highest BCUT2D eigenvalue weighted by Crippen LogP contribution is 2.41. The summed E-state index contributed by atoms with van der Waals surface area (Å²) in [5, 5.41) is 14.1. The number of ether oxygens (including phenoxy) is 1. The van der Waals surface area contributed by atoms with E-state index >= 15 is 0 Å². The molecule has 1 aliphatic heterocycles. The van der Waals surface area contributed by atoms with Crippen LogP contribution in [0.2, 0.25) is 0 Å². The van der Waals surface area contributed by atoms with Gasteiger partial charge < -0.3 is 14.4 Å². The van der Waals surface area contributed by atoms with Gasteiger partial charge >= 0.3 is 0 Å². The van der Waals surface area contributed by atoms with Crippen LogP contribution in [0.4, 0.5) is 5.69 Å². The second kappa shape index (κ2) is 8.97. The summed E-state index contributed by atoms with van der Waals surface area (Å²) >= 11 is 0. The molecule has 1 saturated heterocycles. The molecule has 2 aliphatic rings. The fourth-order valence-electron chi connectivity index (χ4n) is 4.96. The molecule has 7 heteroatoms. The zero-order valence-electron chi connectivity index (χ0n) is 19.0. The van der Waals surface area contributed by atoms with E-state index < -0.39 is 0 Å². The second-order valence-electron chi connectivity index (χ2n) is 9.08. The standard InChI is InChI=1S/C26H28N4O3/c1-16(2)32-24-10-7-17(15-22(24)27-3)26-28-25(29-33-26)21-6-4-5-20-19(21)8-9-23(20)30-13-11-18(31)12-14-30/h4-7,10,15-16,18,23,31H,8-9,11-14H2,1-2H3. The molecule has 5 rings (SSSR count). The summed E-state index contributed by atoms with van der Waals surface area (Å²) < 4.78 is 11.3. The van der Waals surface area contributed by atoms with Gasteiger partial charge in [0.25, 0.3) is 5.89 Å². The van der Waals surface area contributed by atoms with Crippen LogP contribution in [0.3, 0.4) is 0 Å². The SMILES string of the molecule is [C-]#[N+]c1cc(-c2nc(-c3cccc4c3CCC4N3CCC(O)CC3)no2)ccc1OC(C)C. The third kappa shape index (κ3) is 4.24. The van der Waals surface area contributed by atoms with Crippen LogP contribution in [-0.4, -0.2) is 45.4 Å².